The Bertz CT molecular complexity index is 2750. The summed E-state index contributed by atoms with van der Waals surface area (Å²) in [6.45, 7) is 12.0. The summed E-state index contributed by atoms with van der Waals surface area (Å²) in [5, 5.41) is 6.84. The number of Topliss-reactive ketones (excluding diaryl/α,β-unsaturated/α-hetero) is 2. The fraction of sp³-hybridized carbons (Fsp3) is 0.214. The molecule has 0 aliphatic heterocycles. The Morgan fingerprint density at radius 2 is 0.522 bits per heavy atom. The smallest absolute Gasteiger partial charge is 0.366 e. The van der Waals surface area contributed by atoms with E-state index in [0.717, 1.165) is 85.1 Å². The first-order valence-corrected chi connectivity index (χ1v) is 30.0. The number of ketones is 2. The van der Waals surface area contributed by atoms with Gasteiger partial charge in [0.05, 0.1) is 34.2 Å². The number of hydrogen-bond acceptors (Lipinski definition) is 28. The zero-order chi connectivity index (χ0) is 66.0. The Balaban J connectivity index is 0. The van der Waals surface area contributed by atoms with Crippen LogP contribution in [0.4, 0.5) is 11.6 Å². The van der Waals surface area contributed by atoms with E-state index in [1.807, 2.05) is 122 Å². The number of aromatic nitrogens is 6. The second kappa shape index (κ2) is 47.6. The van der Waals surface area contributed by atoms with E-state index in [1.54, 1.807) is 0 Å². The van der Waals surface area contributed by atoms with Gasteiger partial charge in [0.15, 0.2) is 0 Å². The molecule has 0 aliphatic rings. The van der Waals surface area contributed by atoms with Crippen molar-refractivity contribution < 1.29 is 159 Å². The fourth-order valence-electron chi connectivity index (χ4n) is 6.59. The van der Waals surface area contributed by atoms with E-state index in [1.165, 1.54) is 38.8 Å². The van der Waals surface area contributed by atoms with Gasteiger partial charge in [-0.1, -0.05) is 97.1 Å². The number of nitrogens with zero attached hydrogens (tertiary/aromatic N) is 8. The van der Waals surface area contributed by atoms with Crippen LogP contribution in [-0.4, -0.2) is 51.3 Å². The van der Waals surface area contributed by atoms with Crippen molar-refractivity contribution in [3.8, 4) is 0 Å². The average Bonchev–Trinajstić information content (AvgIpc) is 2.91. The van der Waals surface area contributed by atoms with Crippen molar-refractivity contribution in [2.45, 2.75) is 80.1 Å². The topological polar surface area (TPSA) is 511 Å². The number of hydrogen-bond donors (Lipinski definition) is 2. The molecule has 2 N–H and O–H groups in total. The summed E-state index contributed by atoms with van der Waals surface area (Å²) in [7, 11) is -19.8. The van der Waals surface area contributed by atoms with Crippen LogP contribution in [0.15, 0.2) is 195 Å². The Morgan fingerprint density at radius 1 is 0.322 bits per heavy atom. The number of rotatable bonds is 18. The molecule has 34 heteroatoms. The predicted octanol–water partition coefficient (Wildman–Crippen LogP) is -8.47. The van der Waals surface area contributed by atoms with Gasteiger partial charge in [-0.2, -0.15) is 0 Å². The van der Waals surface area contributed by atoms with Gasteiger partial charge in [-0.15, -0.1) is 41.0 Å². The van der Waals surface area contributed by atoms with Gasteiger partial charge >= 0.3 is 34.1 Å². The molecule has 0 spiro atoms. The molecule has 0 aliphatic carbocycles. The summed E-state index contributed by atoms with van der Waals surface area (Å²) in [5.74, 6) is 2.10. The second-order valence-corrected chi connectivity index (χ2v) is 20.6. The van der Waals surface area contributed by atoms with Crippen molar-refractivity contribution in [1.82, 2.24) is 39.7 Å². The number of anilines is 2. The summed E-state index contributed by atoms with van der Waals surface area (Å²) in [6.07, 6.45) is 7.34. The minimum absolute atomic E-state index is 0. The van der Waals surface area contributed by atoms with Gasteiger partial charge in [-0.05, 0) is 112 Å². The summed E-state index contributed by atoms with van der Waals surface area (Å²) in [6, 6.07) is 57.0. The normalized spacial score (nSPS) is 10.5. The van der Waals surface area contributed by atoms with Crippen LogP contribution in [0, 0.1) is 41.0 Å². The van der Waals surface area contributed by atoms with Gasteiger partial charge in [0, 0.05) is 77.1 Å². The zero-order valence-corrected chi connectivity index (χ0v) is 53.1. The molecule has 90 heavy (non-hydrogen) atoms. The minimum atomic E-state index is -4.94. The van der Waals surface area contributed by atoms with Gasteiger partial charge in [0.25, 0.3) is 0 Å². The molecule has 0 amide bonds. The maximum Gasteiger partial charge on any atom is 2.00 e. The Hall–Kier alpha value is -6.24. The van der Waals surface area contributed by atoms with Gasteiger partial charge in [0.2, 0.25) is 0 Å². The van der Waals surface area contributed by atoms with Crippen LogP contribution >= 0.6 is 0 Å². The van der Waals surface area contributed by atoms with Crippen LogP contribution in [0.5, 0.6) is 0 Å². The largest absolute Gasteiger partial charge is 2.00 e. The van der Waals surface area contributed by atoms with E-state index in [-0.39, 0.29) is 45.7 Å². The molecule has 0 saturated carbocycles. The van der Waals surface area contributed by atoms with Crippen LogP contribution in [0.3, 0.4) is 0 Å². The molecule has 2 aromatic carbocycles. The van der Waals surface area contributed by atoms with Crippen molar-refractivity contribution in [2.24, 2.45) is 0 Å². The number of pyridine rings is 6. The Morgan fingerprint density at radius 3 is 0.733 bits per heavy atom. The summed E-state index contributed by atoms with van der Waals surface area (Å²) >= 11 is 0. The third-order valence-electron chi connectivity index (χ3n) is 9.46. The number of benzene rings is 2. The Labute approximate surface area is 549 Å². The third-order valence-corrected chi connectivity index (χ3v) is 9.46. The molecule has 0 atom stereocenters. The standard InChI is InChI=1S/2C25H25N5.2C3H6O.4ClHO4.2Cu/c2*1-2-9-21(10-3-1)17-28-25-14-8-13-24(29-25)20-30(18-22-11-4-6-15-26-22)19-23-12-5-7-16-27-23;2*1-3(2)4;4*2-1(3,4)5;;/h2*1-16H,17-20H2,(H,28,29);2*1-2H3;4*(H,2,3,4,5);;/q;;;;;;;;2*+2/p-4. The van der Waals surface area contributed by atoms with Gasteiger partial charge < -0.3 is 20.2 Å². The monoisotopic (exact) mass is 1430 g/mol. The van der Waals surface area contributed by atoms with E-state index in [2.05, 4.69) is 113 Å². The number of carbonyl (C=O) groups is 2. The summed E-state index contributed by atoms with van der Waals surface area (Å²) in [5.41, 5.74) is 8.63. The van der Waals surface area contributed by atoms with E-state index in [0.29, 0.717) is 13.1 Å². The predicted molar refractivity (Wildman–Crippen MR) is 272 cm³/mol. The molecular formula is C56H62Cl4Cu2N10O18. The molecule has 8 rings (SSSR count). The molecule has 28 nitrogen and oxygen atoms in total. The minimum Gasteiger partial charge on any atom is -0.366 e. The first-order chi connectivity index (χ1) is 41.2. The second-order valence-electron chi connectivity index (χ2n) is 17.6. The Kier molecular flexibility index (Phi) is 45.4. The number of carbonyl (C=O) groups excluding carboxylic acids is 2. The van der Waals surface area contributed by atoms with Crippen molar-refractivity contribution in [1.29, 1.82) is 0 Å². The van der Waals surface area contributed by atoms with Crippen LogP contribution in [0.1, 0.15) is 73.0 Å². The molecule has 2 radical (unpaired) electrons. The van der Waals surface area contributed by atoms with E-state index in [4.69, 9.17) is 84.5 Å². The molecule has 0 fully saturated rings. The van der Waals surface area contributed by atoms with E-state index < -0.39 is 41.0 Å². The molecule has 494 valence electrons. The van der Waals surface area contributed by atoms with Crippen LogP contribution in [-0.2, 0) is 96.1 Å². The van der Waals surface area contributed by atoms with Gasteiger partial charge in [-0.25, -0.2) is 84.5 Å². The van der Waals surface area contributed by atoms with Gasteiger partial charge in [0.1, 0.15) is 23.2 Å². The third kappa shape index (κ3) is 58.2. The van der Waals surface area contributed by atoms with Crippen molar-refractivity contribution in [2.75, 3.05) is 10.6 Å². The van der Waals surface area contributed by atoms with E-state index >= 15 is 0 Å². The molecule has 6 heterocycles. The van der Waals surface area contributed by atoms with Crippen LogP contribution in [0.25, 0.3) is 0 Å². The summed E-state index contributed by atoms with van der Waals surface area (Å²) < 4.78 is 136. The van der Waals surface area contributed by atoms with Crippen molar-refractivity contribution in [3.05, 3.63) is 240 Å². The van der Waals surface area contributed by atoms with Crippen molar-refractivity contribution >= 4 is 23.2 Å². The summed E-state index contributed by atoms with van der Waals surface area (Å²) in [4.78, 5) is 51.1. The van der Waals surface area contributed by atoms with Crippen LogP contribution in [0.2, 0.25) is 0 Å². The number of nitrogens with one attached hydrogen (secondary N) is 2. The van der Waals surface area contributed by atoms with Crippen molar-refractivity contribution in [3.63, 3.8) is 0 Å². The number of halogens is 4. The van der Waals surface area contributed by atoms with Gasteiger partial charge in [-0.3, -0.25) is 29.7 Å². The first-order valence-electron chi connectivity index (χ1n) is 25.1. The molecule has 0 saturated heterocycles. The fourth-order valence-corrected chi connectivity index (χ4v) is 6.59. The average molecular weight is 1430 g/mol. The zero-order valence-electron chi connectivity index (χ0n) is 48.2. The van der Waals surface area contributed by atoms with E-state index in [9.17, 15) is 9.59 Å². The molecular weight excluding hydrogens is 1370 g/mol. The SMILES string of the molecule is CC(C)=O.CC(C)=O.[Cu+2].[Cu+2].[O-][Cl+3]([O-])([O-])[O-].[O-][Cl+3]([O-])([O-])[O-].[O-][Cl+3]([O-])([O-])[O-].[O-][Cl+3]([O-])([O-])[O-].c1ccc(CNc2cccc(CN(Cc3ccccn3)Cc3ccccn3)n2)cc1.c1ccc(CNc2cccc(CN(Cc3ccccn3)Cc3ccccn3)n2)cc1. The molecule has 6 aromatic heterocycles. The molecule has 0 unspecified atom stereocenters. The molecule has 8 aromatic rings. The maximum atomic E-state index is 9.44. The quantitative estimate of drug-likeness (QED) is 0.0753. The first kappa shape index (κ1) is 85.8. The maximum absolute atomic E-state index is 9.44. The van der Waals surface area contributed by atoms with Crippen LogP contribution < -0.4 is 85.2 Å². The molecule has 0 bridgehead atoms.